The van der Waals surface area contributed by atoms with E-state index in [2.05, 4.69) is 5.32 Å². The molecule has 2 fully saturated rings. The van der Waals surface area contributed by atoms with Gasteiger partial charge in [-0.05, 0) is 11.1 Å². The third kappa shape index (κ3) is 2.85. The number of benzene rings is 1. The van der Waals surface area contributed by atoms with E-state index in [9.17, 15) is 9.59 Å². The lowest BCUT2D eigenvalue weighted by molar-refractivity contribution is -0.132. The zero-order valence-electron chi connectivity index (χ0n) is 11.9. The zero-order chi connectivity index (χ0) is 14.8. The van der Waals surface area contributed by atoms with Gasteiger partial charge in [0.25, 0.3) is 0 Å². The van der Waals surface area contributed by atoms with Crippen LogP contribution in [0.4, 0.5) is 4.79 Å². The summed E-state index contributed by atoms with van der Waals surface area (Å²) < 4.78 is 0. The number of hydrogen-bond donors (Lipinski definition) is 2. The molecule has 3 N–H and O–H groups in total. The summed E-state index contributed by atoms with van der Waals surface area (Å²) in [5, 5.41) is 2.82. The van der Waals surface area contributed by atoms with E-state index < -0.39 is 0 Å². The fraction of sp³-hybridized carbons (Fsp3) is 0.467. The molecule has 1 aromatic rings. The fourth-order valence-electron chi connectivity index (χ4n) is 2.91. The van der Waals surface area contributed by atoms with Gasteiger partial charge in [0.1, 0.15) is 0 Å². The smallest absolute Gasteiger partial charge is 0.317 e. The lowest BCUT2D eigenvalue weighted by Gasteiger charge is -2.36. The van der Waals surface area contributed by atoms with Crippen LogP contribution < -0.4 is 11.1 Å². The van der Waals surface area contributed by atoms with E-state index in [-0.39, 0.29) is 18.0 Å². The van der Waals surface area contributed by atoms with Gasteiger partial charge in [0, 0.05) is 32.7 Å². The standard InChI is InChI=1S/C15H20N4O2/c16-8-12-3-1-11(2-4-12)7-14(20)18-5-6-19-13(10-18)9-17-15(19)21/h1-4,13H,5-10,16H2,(H,17,21). The minimum atomic E-state index is -0.00975. The molecule has 0 bridgehead atoms. The summed E-state index contributed by atoms with van der Waals surface area (Å²) in [7, 11) is 0. The number of urea groups is 1. The van der Waals surface area contributed by atoms with Crippen LogP contribution in [0.2, 0.25) is 0 Å². The van der Waals surface area contributed by atoms with E-state index >= 15 is 0 Å². The number of rotatable bonds is 3. The van der Waals surface area contributed by atoms with Gasteiger partial charge in [0.2, 0.25) is 5.91 Å². The normalized spacial score (nSPS) is 21.2. The first-order valence-electron chi connectivity index (χ1n) is 7.27. The second-order valence-electron chi connectivity index (χ2n) is 5.57. The first kappa shape index (κ1) is 13.9. The van der Waals surface area contributed by atoms with Crippen molar-refractivity contribution in [2.45, 2.75) is 19.0 Å². The van der Waals surface area contributed by atoms with Crippen LogP contribution >= 0.6 is 0 Å². The van der Waals surface area contributed by atoms with Crippen LogP contribution in [0.1, 0.15) is 11.1 Å². The summed E-state index contributed by atoms with van der Waals surface area (Å²) in [4.78, 5) is 27.6. The third-order valence-electron chi connectivity index (χ3n) is 4.20. The van der Waals surface area contributed by atoms with E-state index in [4.69, 9.17) is 5.73 Å². The van der Waals surface area contributed by atoms with Crippen molar-refractivity contribution in [1.82, 2.24) is 15.1 Å². The maximum Gasteiger partial charge on any atom is 0.317 e. The molecule has 3 rings (SSSR count). The van der Waals surface area contributed by atoms with Crippen LogP contribution in [0, 0.1) is 0 Å². The molecule has 21 heavy (non-hydrogen) atoms. The Morgan fingerprint density at radius 1 is 1.24 bits per heavy atom. The van der Waals surface area contributed by atoms with Crippen molar-refractivity contribution in [2.24, 2.45) is 5.73 Å². The van der Waals surface area contributed by atoms with Crippen LogP contribution in [-0.2, 0) is 17.8 Å². The summed E-state index contributed by atoms with van der Waals surface area (Å²) in [5.41, 5.74) is 7.63. The average Bonchev–Trinajstić information content (AvgIpc) is 2.89. The maximum absolute atomic E-state index is 12.4. The van der Waals surface area contributed by atoms with Gasteiger partial charge in [-0.3, -0.25) is 4.79 Å². The van der Waals surface area contributed by atoms with Crippen LogP contribution in [0.3, 0.4) is 0 Å². The second kappa shape index (κ2) is 5.73. The Kier molecular flexibility index (Phi) is 3.79. The topological polar surface area (TPSA) is 78.7 Å². The number of amides is 3. The zero-order valence-corrected chi connectivity index (χ0v) is 11.9. The summed E-state index contributed by atoms with van der Waals surface area (Å²) in [6.07, 6.45) is 0.402. The van der Waals surface area contributed by atoms with Crippen LogP contribution in [0.25, 0.3) is 0 Å². The van der Waals surface area contributed by atoms with Crippen molar-refractivity contribution in [2.75, 3.05) is 26.2 Å². The number of fused-ring (bicyclic) bond motifs is 1. The van der Waals surface area contributed by atoms with Gasteiger partial charge in [-0.2, -0.15) is 0 Å². The van der Waals surface area contributed by atoms with Crippen LogP contribution in [0.15, 0.2) is 24.3 Å². The lowest BCUT2D eigenvalue weighted by Crippen LogP contribution is -2.54. The minimum absolute atomic E-state index is 0.00975. The molecule has 0 saturated carbocycles. The van der Waals surface area contributed by atoms with Gasteiger partial charge in [-0.15, -0.1) is 0 Å². The molecule has 0 aromatic heterocycles. The van der Waals surface area contributed by atoms with Gasteiger partial charge in [0.05, 0.1) is 12.5 Å². The highest BCUT2D eigenvalue weighted by Gasteiger charge is 2.36. The van der Waals surface area contributed by atoms with Crippen molar-refractivity contribution >= 4 is 11.9 Å². The highest BCUT2D eigenvalue weighted by molar-refractivity contribution is 5.80. The molecular weight excluding hydrogens is 268 g/mol. The van der Waals surface area contributed by atoms with Crippen molar-refractivity contribution in [3.05, 3.63) is 35.4 Å². The van der Waals surface area contributed by atoms with E-state index in [1.165, 1.54) is 0 Å². The lowest BCUT2D eigenvalue weighted by atomic mass is 10.1. The molecule has 3 amide bonds. The highest BCUT2D eigenvalue weighted by atomic mass is 16.2. The Morgan fingerprint density at radius 2 is 1.95 bits per heavy atom. The van der Waals surface area contributed by atoms with Gasteiger partial charge in [-0.1, -0.05) is 24.3 Å². The molecule has 2 aliphatic rings. The van der Waals surface area contributed by atoms with Crippen LogP contribution in [-0.4, -0.2) is 54.0 Å². The molecule has 2 aliphatic heterocycles. The first-order valence-corrected chi connectivity index (χ1v) is 7.27. The molecule has 2 saturated heterocycles. The fourth-order valence-corrected chi connectivity index (χ4v) is 2.91. The molecule has 112 valence electrons. The van der Waals surface area contributed by atoms with E-state index in [0.717, 1.165) is 11.1 Å². The number of carbonyl (C=O) groups excluding carboxylic acids is 2. The number of nitrogens with one attached hydrogen (secondary N) is 1. The first-order chi connectivity index (χ1) is 10.2. The van der Waals surface area contributed by atoms with Crippen LogP contribution in [0.5, 0.6) is 0 Å². The maximum atomic E-state index is 12.4. The summed E-state index contributed by atoms with van der Waals surface area (Å²) in [6.45, 7) is 3.00. The summed E-state index contributed by atoms with van der Waals surface area (Å²) >= 11 is 0. The van der Waals surface area contributed by atoms with Gasteiger partial charge < -0.3 is 20.9 Å². The number of nitrogens with two attached hydrogens (primary N) is 1. The predicted octanol–water partition coefficient (Wildman–Crippen LogP) is -0.0762. The molecule has 1 unspecified atom stereocenters. The second-order valence-corrected chi connectivity index (χ2v) is 5.57. The molecule has 1 aromatic carbocycles. The number of piperazine rings is 1. The van der Waals surface area contributed by atoms with Crippen molar-refractivity contribution < 1.29 is 9.59 Å². The predicted molar refractivity (Wildman–Crippen MR) is 78.5 cm³/mol. The van der Waals surface area contributed by atoms with Gasteiger partial charge in [0.15, 0.2) is 0 Å². The molecular formula is C15H20N4O2. The van der Waals surface area contributed by atoms with Crippen molar-refractivity contribution in [1.29, 1.82) is 0 Å². The highest BCUT2D eigenvalue weighted by Crippen LogP contribution is 2.15. The molecule has 2 heterocycles. The summed E-state index contributed by atoms with van der Waals surface area (Å²) in [5.74, 6) is 0.120. The summed E-state index contributed by atoms with van der Waals surface area (Å²) in [6, 6.07) is 7.94. The molecule has 6 nitrogen and oxygen atoms in total. The Hall–Kier alpha value is -2.08. The number of hydrogen-bond acceptors (Lipinski definition) is 3. The quantitative estimate of drug-likeness (QED) is 0.817. The van der Waals surface area contributed by atoms with Crippen molar-refractivity contribution in [3.63, 3.8) is 0 Å². The molecule has 6 heteroatoms. The third-order valence-corrected chi connectivity index (χ3v) is 4.20. The van der Waals surface area contributed by atoms with Gasteiger partial charge in [-0.25, -0.2) is 4.79 Å². The molecule has 0 radical (unpaired) electrons. The largest absolute Gasteiger partial charge is 0.338 e. The van der Waals surface area contributed by atoms with E-state index in [0.29, 0.717) is 39.1 Å². The number of carbonyl (C=O) groups is 2. The van der Waals surface area contributed by atoms with Gasteiger partial charge >= 0.3 is 6.03 Å². The number of nitrogens with zero attached hydrogens (tertiary/aromatic N) is 2. The molecule has 1 atom stereocenters. The minimum Gasteiger partial charge on any atom is -0.338 e. The Balaban J connectivity index is 1.59. The van der Waals surface area contributed by atoms with E-state index in [1.807, 2.05) is 34.1 Å². The average molecular weight is 288 g/mol. The monoisotopic (exact) mass is 288 g/mol. The Bertz CT molecular complexity index is 543. The van der Waals surface area contributed by atoms with E-state index in [1.54, 1.807) is 0 Å². The SMILES string of the molecule is NCc1ccc(CC(=O)N2CCN3C(=O)NCC3C2)cc1. The molecule has 0 aliphatic carbocycles. The Morgan fingerprint density at radius 3 is 2.67 bits per heavy atom. The molecule has 0 spiro atoms. The van der Waals surface area contributed by atoms with Crippen molar-refractivity contribution in [3.8, 4) is 0 Å². The Labute approximate surface area is 123 Å².